The Morgan fingerprint density at radius 3 is 2.95 bits per heavy atom. The molecule has 1 heterocycles. The van der Waals surface area contributed by atoms with E-state index >= 15 is 0 Å². The summed E-state index contributed by atoms with van der Waals surface area (Å²) in [6, 6.07) is 11.4. The summed E-state index contributed by atoms with van der Waals surface area (Å²) >= 11 is 0. The molecule has 22 heavy (non-hydrogen) atoms. The normalized spacial score (nSPS) is 10.8. The Bertz CT molecular complexity index is 826. The average molecular weight is 298 g/mol. The van der Waals surface area contributed by atoms with E-state index < -0.39 is 5.82 Å². The molecule has 112 valence electrons. The number of aryl methyl sites for hydroxylation is 1. The predicted molar refractivity (Wildman–Crippen MR) is 81.2 cm³/mol. The van der Waals surface area contributed by atoms with Crippen molar-refractivity contribution in [1.29, 1.82) is 0 Å². The van der Waals surface area contributed by atoms with Crippen LogP contribution in [0.2, 0.25) is 0 Å². The standard InChI is InChI=1S/C17H15FN2O2/c1-11-20-15-9-12(5-6-16(15)22-11)7-8-19-17(21)13-3-2-4-14(18)10-13/h2-6,9-10H,7-8H2,1H3,(H,19,21). The van der Waals surface area contributed by atoms with Crippen LogP contribution in [0.3, 0.4) is 0 Å². The number of hydrogen-bond donors (Lipinski definition) is 1. The monoisotopic (exact) mass is 298 g/mol. The molecular formula is C17H15FN2O2. The summed E-state index contributed by atoms with van der Waals surface area (Å²) in [5.41, 5.74) is 2.94. The maximum atomic E-state index is 13.1. The molecule has 0 fully saturated rings. The first-order chi connectivity index (χ1) is 10.6. The summed E-state index contributed by atoms with van der Waals surface area (Å²) in [5, 5.41) is 2.78. The summed E-state index contributed by atoms with van der Waals surface area (Å²) in [6.45, 7) is 2.27. The highest BCUT2D eigenvalue weighted by Gasteiger charge is 2.07. The number of carbonyl (C=O) groups is 1. The minimum atomic E-state index is -0.417. The Kier molecular flexibility index (Phi) is 3.87. The molecule has 0 saturated carbocycles. The van der Waals surface area contributed by atoms with Crippen LogP contribution in [0, 0.1) is 12.7 Å². The lowest BCUT2D eigenvalue weighted by molar-refractivity contribution is 0.0953. The Morgan fingerprint density at radius 2 is 2.14 bits per heavy atom. The predicted octanol–water partition coefficient (Wildman–Crippen LogP) is 3.25. The maximum absolute atomic E-state index is 13.1. The van der Waals surface area contributed by atoms with Crippen LogP contribution in [0.15, 0.2) is 46.9 Å². The lowest BCUT2D eigenvalue weighted by Crippen LogP contribution is -2.25. The summed E-state index contributed by atoms with van der Waals surface area (Å²) < 4.78 is 18.5. The Morgan fingerprint density at radius 1 is 1.27 bits per heavy atom. The van der Waals surface area contributed by atoms with Crippen molar-refractivity contribution in [2.24, 2.45) is 0 Å². The van der Waals surface area contributed by atoms with Gasteiger partial charge in [0.05, 0.1) is 0 Å². The largest absolute Gasteiger partial charge is 0.441 e. The van der Waals surface area contributed by atoms with E-state index in [2.05, 4.69) is 10.3 Å². The van der Waals surface area contributed by atoms with E-state index in [9.17, 15) is 9.18 Å². The van der Waals surface area contributed by atoms with Gasteiger partial charge in [0.2, 0.25) is 0 Å². The number of benzene rings is 2. The molecule has 0 bridgehead atoms. The third kappa shape index (κ3) is 3.14. The van der Waals surface area contributed by atoms with Crippen molar-refractivity contribution >= 4 is 17.0 Å². The molecule has 0 radical (unpaired) electrons. The van der Waals surface area contributed by atoms with E-state index in [1.165, 1.54) is 18.2 Å². The third-order valence-electron chi connectivity index (χ3n) is 3.34. The van der Waals surface area contributed by atoms with Crippen LogP contribution in [0.25, 0.3) is 11.1 Å². The zero-order chi connectivity index (χ0) is 15.5. The van der Waals surface area contributed by atoms with Gasteiger partial charge in [0.25, 0.3) is 5.91 Å². The van der Waals surface area contributed by atoms with Crippen LogP contribution in [0.1, 0.15) is 21.8 Å². The molecule has 2 aromatic carbocycles. The molecule has 0 aliphatic rings. The number of nitrogens with zero attached hydrogens (tertiary/aromatic N) is 1. The van der Waals surface area contributed by atoms with Crippen molar-refractivity contribution in [3.8, 4) is 0 Å². The topological polar surface area (TPSA) is 55.1 Å². The highest BCUT2D eigenvalue weighted by Crippen LogP contribution is 2.16. The fourth-order valence-electron chi connectivity index (χ4n) is 2.30. The summed E-state index contributed by atoms with van der Waals surface area (Å²) in [7, 11) is 0. The van der Waals surface area contributed by atoms with Gasteiger partial charge in [-0.05, 0) is 42.3 Å². The smallest absolute Gasteiger partial charge is 0.251 e. The van der Waals surface area contributed by atoms with Gasteiger partial charge in [0.15, 0.2) is 11.5 Å². The number of fused-ring (bicyclic) bond motifs is 1. The zero-order valence-corrected chi connectivity index (χ0v) is 12.1. The molecule has 0 saturated heterocycles. The van der Waals surface area contributed by atoms with Gasteiger partial charge in [0, 0.05) is 19.0 Å². The van der Waals surface area contributed by atoms with Gasteiger partial charge in [-0.15, -0.1) is 0 Å². The average Bonchev–Trinajstić information content (AvgIpc) is 2.86. The van der Waals surface area contributed by atoms with Crippen molar-refractivity contribution in [3.63, 3.8) is 0 Å². The second-order valence-corrected chi connectivity index (χ2v) is 5.05. The van der Waals surface area contributed by atoms with Gasteiger partial charge in [0.1, 0.15) is 11.3 Å². The molecule has 3 aromatic rings. The lowest BCUT2D eigenvalue weighted by Gasteiger charge is -2.05. The minimum Gasteiger partial charge on any atom is -0.441 e. The number of carbonyl (C=O) groups excluding carboxylic acids is 1. The van der Waals surface area contributed by atoms with Crippen molar-refractivity contribution in [3.05, 3.63) is 65.3 Å². The third-order valence-corrected chi connectivity index (χ3v) is 3.34. The number of nitrogens with one attached hydrogen (secondary N) is 1. The molecule has 0 atom stereocenters. The molecule has 0 aliphatic heterocycles. The van der Waals surface area contributed by atoms with Crippen LogP contribution in [-0.4, -0.2) is 17.4 Å². The molecule has 5 heteroatoms. The Labute approximate surface area is 127 Å². The van der Waals surface area contributed by atoms with Gasteiger partial charge >= 0.3 is 0 Å². The number of oxazole rings is 1. The Balaban J connectivity index is 1.60. The molecule has 4 nitrogen and oxygen atoms in total. The number of halogens is 1. The van der Waals surface area contributed by atoms with E-state index in [0.29, 0.717) is 24.4 Å². The number of aromatic nitrogens is 1. The molecular weight excluding hydrogens is 283 g/mol. The number of hydrogen-bond acceptors (Lipinski definition) is 3. The molecule has 0 spiro atoms. The maximum Gasteiger partial charge on any atom is 0.251 e. The molecule has 1 N–H and O–H groups in total. The fraction of sp³-hybridized carbons (Fsp3) is 0.176. The van der Waals surface area contributed by atoms with Crippen LogP contribution in [0.4, 0.5) is 4.39 Å². The van der Waals surface area contributed by atoms with E-state index in [-0.39, 0.29) is 5.91 Å². The van der Waals surface area contributed by atoms with Crippen LogP contribution >= 0.6 is 0 Å². The molecule has 1 amide bonds. The molecule has 0 unspecified atom stereocenters. The van der Waals surface area contributed by atoms with Crippen molar-refractivity contribution in [1.82, 2.24) is 10.3 Å². The second-order valence-electron chi connectivity index (χ2n) is 5.05. The first-order valence-corrected chi connectivity index (χ1v) is 7.02. The number of rotatable bonds is 4. The van der Waals surface area contributed by atoms with Gasteiger partial charge in [-0.3, -0.25) is 4.79 Å². The van der Waals surface area contributed by atoms with Gasteiger partial charge in [-0.1, -0.05) is 12.1 Å². The quantitative estimate of drug-likeness (QED) is 0.804. The Hall–Kier alpha value is -2.69. The van der Waals surface area contributed by atoms with Crippen molar-refractivity contribution in [2.45, 2.75) is 13.3 Å². The molecule has 3 rings (SSSR count). The van der Waals surface area contributed by atoms with Gasteiger partial charge in [-0.25, -0.2) is 9.37 Å². The second kappa shape index (κ2) is 5.97. The fourth-order valence-corrected chi connectivity index (χ4v) is 2.30. The first-order valence-electron chi connectivity index (χ1n) is 7.02. The summed E-state index contributed by atoms with van der Waals surface area (Å²) in [4.78, 5) is 16.2. The molecule has 1 aromatic heterocycles. The van der Waals surface area contributed by atoms with Crippen LogP contribution < -0.4 is 5.32 Å². The summed E-state index contributed by atoms with van der Waals surface area (Å²) in [5.74, 6) is -0.0658. The van der Waals surface area contributed by atoms with Crippen LogP contribution in [-0.2, 0) is 6.42 Å². The highest BCUT2D eigenvalue weighted by molar-refractivity contribution is 5.94. The van der Waals surface area contributed by atoms with E-state index in [4.69, 9.17) is 4.42 Å². The SMILES string of the molecule is Cc1nc2cc(CCNC(=O)c3cccc(F)c3)ccc2o1. The number of amides is 1. The van der Waals surface area contributed by atoms with Gasteiger partial charge in [-0.2, -0.15) is 0 Å². The van der Waals surface area contributed by atoms with E-state index in [1.54, 1.807) is 13.0 Å². The molecule has 0 aliphatic carbocycles. The first kappa shape index (κ1) is 14.3. The summed E-state index contributed by atoms with van der Waals surface area (Å²) in [6.07, 6.45) is 0.670. The zero-order valence-electron chi connectivity index (χ0n) is 12.1. The minimum absolute atomic E-state index is 0.280. The lowest BCUT2D eigenvalue weighted by atomic mass is 10.1. The van der Waals surface area contributed by atoms with E-state index in [1.807, 2.05) is 18.2 Å². The van der Waals surface area contributed by atoms with Gasteiger partial charge < -0.3 is 9.73 Å². The van der Waals surface area contributed by atoms with Crippen molar-refractivity contribution < 1.29 is 13.6 Å². The van der Waals surface area contributed by atoms with Crippen LogP contribution in [0.5, 0.6) is 0 Å². The van der Waals surface area contributed by atoms with Crippen molar-refractivity contribution in [2.75, 3.05) is 6.54 Å². The van der Waals surface area contributed by atoms with E-state index in [0.717, 1.165) is 16.7 Å². The highest BCUT2D eigenvalue weighted by atomic mass is 19.1.